The van der Waals surface area contributed by atoms with Gasteiger partial charge in [0.2, 0.25) is 10.0 Å². The molecule has 0 saturated heterocycles. The van der Waals surface area contributed by atoms with Gasteiger partial charge in [-0.15, -0.1) is 0 Å². The quantitative estimate of drug-likeness (QED) is 0.682. The number of hydrogen-bond donors (Lipinski definition) is 3. The molecule has 1 heterocycles. The van der Waals surface area contributed by atoms with Crippen molar-refractivity contribution in [3.8, 4) is 0 Å². The van der Waals surface area contributed by atoms with Crippen LogP contribution in [0, 0.1) is 5.92 Å². The summed E-state index contributed by atoms with van der Waals surface area (Å²) < 4.78 is 26.4. The Hall–Kier alpha value is -1.67. The Balaban J connectivity index is 2.01. The summed E-state index contributed by atoms with van der Waals surface area (Å²) in [5.41, 5.74) is 0. The van der Waals surface area contributed by atoms with E-state index in [1.165, 1.54) is 25.3 Å². The number of sulfonamides is 1. The van der Waals surface area contributed by atoms with E-state index in [1.807, 2.05) is 0 Å². The minimum absolute atomic E-state index is 0.0756. The Morgan fingerprint density at radius 2 is 2.20 bits per heavy atom. The van der Waals surface area contributed by atoms with E-state index < -0.39 is 22.0 Å². The third-order valence-corrected chi connectivity index (χ3v) is 4.45. The maximum atomic E-state index is 11.9. The summed E-state index contributed by atoms with van der Waals surface area (Å²) in [6.45, 7) is 1.93. The van der Waals surface area contributed by atoms with E-state index in [2.05, 4.69) is 15.0 Å². The first-order valence-corrected chi connectivity index (χ1v) is 7.82. The molecule has 0 aliphatic heterocycles. The van der Waals surface area contributed by atoms with Crippen molar-refractivity contribution in [2.75, 3.05) is 11.9 Å². The fourth-order valence-electron chi connectivity index (χ4n) is 1.54. The minimum Gasteiger partial charge on any atom is -0.480 e. The van der Waals surface area contributed by atoms with Crippen molar-refractivity contribution in [2.45, 2.75) is 30.7 Å². The lowest BCUT2D eigenvalue weighted by Gasteiger charge is -2.10. The third-order valence-electron chi connectivity index (χ3n) is 3.04. The summed E-state index contributed by atoms with van der Waals surface area (Å²) in [7, 11) is -3.53. The van der Waals surface area contributed by atoms with E-state index in [0.29, 0.717) is 18.3 Å². The van der Waals surface area contributed by atoms with Crippen molar-refractivity contribution in [1.29, 1.82) is 0 Å². The van der Waals surface area contributed by atoms with Gasteiger partial charge in [-0.05, 0) is 37.8 Å². The maximum absolute atomic E-state index is 11.9. The van der Waals surface area contributed by atoms with Gasteiger partial charge >= 0.3 is 5.97 Å². The number of anilines is 1. The van der Waals surface area contributed by atoms with Crippen molar-refractivity contribution >= 4 is 21.8 Å². The normalized spacial score (nSPS) is 16.6. The molecule has 1 aliphatic rings. The Morgan fingerprint density at radius 1 is 1.50 bits per heavy atom. The van der Waals surface area contributed by atoms with Crippen molar-refractivity contribution in [3.63, 3.8) is 0 Å². The van der Waals surface area contributed by atoms with Gasteiger partial charge in [0, 0.05) is 12.7 Å². The average molecular weight is 299 g/mol. The monoisotopic (exact) mass is 299 g/mol. The van der Waals surface area contributed by atoms with Crippen LogP contribution in [0.25, 0.3) is 0 Å². The van der Waals surface area contributed by atoms with Gasteiger partial charge < -0.3 is 10.4 Å². The number of pyridine rings is 1. The van der Waals surface area contributed by atoms with E-state index in [4.69, 9.17) is 5.11 Å². The number of aliphatic carboxylic acids is 1. The van der Waals surface area contributed by atoms with Gasteiger partial charge in [-0.25, -0.2) is 18.1 Å². The standard InChI is InChI=1S/C12H17N3O4S/c1-8(12(16)17)15-11-5-4-10(7-13-11)20(18,19)14-6-9-2-3-9/h4-5,7-9,14H,2-3,6H2,1H3,(H,13,15)(H,16,17). The molecule has 8 heteroatoms. The number of carboxylic acid groups (broad SMARTS) is 1. The van der Waals surface area contributed by atoms with Crippen LogP contribution in [0.5, 0.6) is 0 Å². The summed E-state index contributed by atoms with van der Waals surface area (Å²) in [5, 5.41) is 11.4. The second-order valence-electron chi connectivity index (χ2n) is 4.88. The topological polar surface area (TPSA) is 108 Å². The summed E-state index contributed by atoms with van der Waals surface area (Å²) in [6.07, 6.45) is 3.35. The first kappa shape index (κ1) is 14.7. The van der Waals surface area contributed by atoms with Gasteiger partial charge in [0.15, 0.2) is 0 Å². The lowest BCUT2D eigenvalue weighted by atomic mass is 10.3. The van der Waals surface area contributed by atoms with Gasteiger partial charge in [-0.3, -0.25) is 4.79 Å². The Morgan fingerprint density at radius 3 is 2.70 bits per heavy atom. The van der Waals surface area contributed by atoms with Crippen LogP contribution in [0.1, 0.15) is 19.8 Å². The first-order valence-electron chi connectivity index (χ1n) is 6.33. The lowest BCUT2D eigenvalue weighted by molar-refractivity contribution is -0.137. The summed E-state index contributed by atoms with van der Waals surface area (Å²) >= 11 is 0. The highest BCUT2D eigenvalue weighted by Gasteiger charge is 2.24. The number of hydrogen-bond acceptors (Lipinski definition) is 5. The molecule has 1 aromatic rings. The molecule has 7 nitrogen and oxygen atoms in total. The molecule has 20 heavy (non-hydrogen) atoms. The first-order chi connectivity index (χ1) is 9.38. The van der Waals surface area contributed by atoms with E-state index >= 15 is 0 Å². The predicted octanol–water partition coefficient (Wildman–Crippen LogP) is 0.655. The number of carbonyl (C=O) groups is 1. The Bertz CT molecular complexity index is 581. The van der Waals surface area contributed by atoms with Gasteiger partial charge in [-0.1, -0.05) is 0 Å². The minimum atomic E-state index is -3.53. The lowest BCUT2D eigenvalue weighted by Crippen LogP contribution is -2.27. The second kappa shape index (κ2) is 5.76. The van der Waals surface area contributed by atoms with Crippen molar-refractivity contribution < 1.29 is 18.3 Å². The van der Waals surface area contributed by atoms with E-state index in [1.54, 1.807) is 0 Å². The molecule has 110 valence electrons. The number of nitrogens with zero attached hydrogens (tertiary/aromatic N) is 1. The second-order valence-corrected chi connectivity index (χ2v) is 6.65. The Labute approximate surface area is 117 Å². The van der Waals surface area contributed by atoms with E-state index in [0.717, 1.165) is 12.8 Å². The molecule has 1 aromatic heterocycles. The number of carboxylic acids is 1. The summed E-state index contributed by atoms with van der Waals surface area (Å²) in [6, 6.07) is 2.06. The number of nitrogens with one attached hydrogen (secondary N) is 2. The number of aromatic nitrogens is 1. The van der Waals surface area contributed by atoms with Gasteiger partial charge in [-0.2, -0.15) is 0 Å². The summed E-state index contributed by atoms with van der Waals surface area (Å²) in [5.74, 6) is -0.231. The van der Waals surface area contributed by atoms with Crippen molar-refractivity contribution in [2.24, 2.45) is 5.92 Å². The van der Waals surface area contributed by atoms with Crippen molar-refractivity contribution in [3.05, 3.63) is 18.3 Å². The van der Waals surface area contributed by atoms with Gasteiger partial charge in [0.25, 0.3) is 0 Å². The fourth-order valence-corrected chi connectivity index (χ4v) is 2.60. The van der Waals surface area contributed by atoms with E-state index in [9.17, 15) is 13.2 Å². The van der Waals surface area contributed by atoms with Gasteiger partial charge in [0.05, 0.1) is 0 Å². The predicted molar refractivity (Wildman–Crippen MR) is 72.9 cm³/mol. The molecule has 0 amide bonds. The zero-order chi connectivity index (χ0) is 14.8. The molecule has 1 unspecified atom stereocenters. The maximum Gasteiger partial charge on any atom is 0.325 e. The molecule has 1 atom stereocenters. The number of rotatable bonds is 7. The summed E-state index contributed by atoms with van der Waals surface area (Å²) in [4.78, 5) is 14.7. The van der Waals surface area contributed by atoms with Crippen LogP contribution in [0.4, 0.5) is 5.82 Å². The highest BCUT2D eigenvalue weighted by Crippen LogP contribution is 2.28. The molecule has 1 aliphatic carbocycles. The van der Waals surface area contributed by atoms with Crippen LogP contribution in [-0.4, -0.2) is 37.1 Å². The molecule has 2 rings (SSSR count). The third kappa shape index (κ3) is 3.91. The van der Waals surface area contributed by atoms with Crippen LogP contribution < -0.4 is 10.0 Å². The average Bonchev–Trinajstić information content (AvgIpc) is 3.21. The largest absolute Gasteiger partial charge is 0.480 e. The molecule has 0 radical (unpaired) electrons. The molecule has 3 N–H and O–H groups in total. The van der Waals surface area contributed by atoms with Crippen LogP contribution in [0.15, 0.2) is 23.2 Å². The molecule has 1 saturated carbocycles. The fraction of sp³-hybridized carbons (Fsp3) is 0.500. The molecule has 1 fully saturated rings. The zero-order valence-corrected chi connectivity index (χ0v) is 11.9. The van der Waals surface area contributed by atoms with Crippen LogP contribution in [0.3, 0.4) is 0 Å². The van der Waals surface area contributed by atoms with Crippen LogP contribution in [-0.2, 0) is 14.8 Å². The highest BCUT2D eigenvalue weighted by molar-refractivity contribution is 7.89. The van der Waals surface area contributed by atoms with E-state index in [-0.39, 0.29) is 4.90 Å². The SMILES string of the molecule is CC(Nc1ccc(S(=O)(=O)NCC2CC2)cn1)C(=O)O. The Kier molecular flexibility index (Phi) is 4.24. The highest BCUT2D eigenvalue weighted by atomic mass is 32.2. The van der Waals surface area contributed by atoms with Crippen molar-refractivity contribution in [1.82, 2.24) is 9.71 Å². The smallest absolute Gasteiger partial charge is 0.325 e. The van der Waals surface area contributed by atoms with Crippen LogP contribution >= 0.6 is 0 Å². The van der Waals surface area contributed by atoms with Gasteiger partial charge in [0.1, 0.15) is 16.8 Å². The van der Waals surface area contributed by atoms with Crippen LogP contribution in [0.2, 0.25) is 0 Å². The molecule has 0 aromatic carbocycles. The molecule has 0 bridgehead atoms. The molecule has 0 spiro atoms. The molecular weight excluding hydrogens is 282 g/mol. The molecular formula is C12H17N3O4S. The zero-order valence-electron chi connectivity index (χ0n) is 11.0.